The van der Waals surface area contributed by atoms with E-state index in [1.807, 2.05) is 0 Å². The first-order valence-electron chi connectivity index (χ1n) is 14.0. The average Bonchev–Trinajstić information content (AvgIpc) is 3.74. The zero-order chi connectivity index (χ0) is 33.4. The Hall–Kier alpha value is -3.54. The fourth-order valence-corrected chi connectivity index (χ4v) is 7.77. The Morgan fingerprint density at radius 1 is 1.11 bits per heavy atom. The third-order valence-electron chi connectivity index (χ3n) is 7.25. The first-order valence-corrected chi connectivity index (χ1v) is 17.1. The molecule has 13 nitrogen and oxygen atoms in total. The summed E-state index contributed by atoms with van der Waals surface area (Å²) in [5.74, 6) is -2.58. The van der Waals surface area contributed by atoms with Crippen LogP contribution >= 0.6 is 0 Å². The van der Waals surface area contributed by atoms with Crippen molar-refractivity contribution in [1.82, 2.24) is 9.78 Å². The number of alkyl halides is 3. The van der Waals surface area contributed by atoms with Crippen molar-refractivity contribution in [2.45, 2.75) is 81.0 Å². The fraction of sp³-hybridized carbons (Fsp3) is 0.593. The van der Waals surface area contributed by atoms with Gasteiger partial charge < -0.3 is 18.9 Å². The second-order valence-electron chi connectivity index (χ2n) is 11.1. The van der Waals surface area contributed by atoms with Crippen molar-refractivity contribution >= 4 is 37.5 Å². The molecule has 2 heterocycles. The van der Waals surface area contributed by atoms with Crippen molar-refractivity contribution in [2.75, 3.05) is 30.3 Å². The molecular formula is C27H34F3N3O10S2. The Morgan fingerprint density at radius 3 is 2.40 bits per heavy atom. The predicted molar refractivity (Wildman–Crippen MR) is 152 cm³/mol. The third kappa shape index (κ3) is 7.82. The van der Waals surface area contributed by atoms with Crippen molar-refractivity contribution < 1.29 is 58.5 Å². The molecule has 18 heteroatoms. The minimum atomic E-state index is -4.82. The zero-order valence-electron chi connectivity index (χ0n) is 25.0. The molecule has 1 aliphatic carbocycles. The SMILES string of the molecule is CCn1cc(S(=O)(=O)N2C[C@H](CCS(=O)(=O)C3CC3)Oc3ccc(CC(=O)OC(C)(C)C(F)(F)F)cc32)c(OCC(=O)OC)n1. The van der Waals surface area contributed by atoms with Crippen molar-refractivity contribution in [1.29, 1.82) is 0 Å². The Kier molecular flexibility index (Phi) is 9.68. The highest BCUT2D eigenvalue weighted by molar-refractivity contribution is 7.93. The van der Waals surface area contributed by atoms with Gasteiger partial charge in [-0.3, -0.25) is 13.8 Å². The van der Waals surface area contributed by atoms with Gasteiger partial charge in [0.05, 0.1) is 36.8 Å². The van der Waals surface area contributed by atoms with E-state index in [2.05, 4.69) is 14.6 Å². The Bertz CT molecular complexity index is 1650. The van der Waals surface area contributed by atoms with E-state index < -0.39 is 78.7 Å². The van der Waals surface area contributed by atoms with Crippen molar-refractivity contribution in [3.05, 3.63) is 30.0 Å². The van der Waals surface area contributed by atoms with Gasteiger partial charge in [-0.25, -0.2) is 21.6 Å². The number of ether oxygens (including phenoxy) is 4. The summed E-state index contributed by atoms with van der Waals surface area (Å²) in [6.45, 7) is 2.37. The van der Waals surface area contributed by atoms with Gasteiger partial charge in [-0.15, -0.1) is 5.10 Å². The molecule has 0 unspecified atom stereocenters. The molecule has 2 aromatic rings. The van der Waals surface area contributed by atoms with Gasteiger partial charge in [-0.05, 0) is 57.7 Å². The highest BCUT2D eigenvalue weighted by atomic mass is 32.2. The maximum atomic E-state index is 14.2. The number of halogens is 3. The number of esters is 2. The van der Waals surface area contributed by atoms with E-state index in [0.717, 1.165) is 11.4 Å². The van der Waals surface area contributed by atoms with Crippen LogP contribution in [0, 0.1) is 0 Å². The number of nitrogens with zero attached hydrogens (tertiary/aromatic N) is 3. The van der Waals surface area contributed by atoms with Gasteiger partial charge in [0.25, 0.3) is 15.9 Å². The van der Waals surface area contributed by atoms with Crippen LogP contribution in [0.15, 0.2) is 29.3 Å². The number of carbonyl (C=O) groups excluding carboxylic acids is 2. The highest BCUT2D eigenvalue weighted by Crippen LogP contribution is 2.41. The van der Waals surface area contributed by atoms with E-state index in [4.69, 9.17) is 9.47 Å². The van der Waals surface area contributed by atoms with Crippen LogP contribution in [-0.2, 0) is 51.9 Å². The van der Waals surface area contributed by atoms with E-state index in [1.54, 1.807) is 6.92 Å². The number of fused-ring (bicyclic) bond motifs is 1. The molecular weight excluding hydrogens is 647 g/mol. The van der Waals surface area contributed by atoms with Gasteiger partial charge in [0, 0.05) is 12.7 Å². The lowest BCUT2D eigenvalue weighted by Crippen LogP contribution is -2.44. The summed E-state index contributed by atoms with van der Waals surface area (Å²) in [7, 11) is -6.83. The van der Waals surface area contributed by atoms with Crippen LogP contribution in [0.4, 0.5) is 18.9 Å². The van der Waals surface area contributed by atoms with E-state index >= 15 is 0 Å². The molecule has 1 saturated carbocycles. The number of aromatic nitrogens is 2. The predicted octanol–water partition coefficient (Wildman–Crippen LogP) is 2.81. The van der Waals surface area contributed by atoms with Crippen LogP contribution in [0.25, 0.3) is 0 Å². The van der Waals surface area contributed by atoms with Gasteiger partial charge in [0.1, 0.15) is 11.9 Å². The summed E-state index contributed by atoms with van der Waals surface area (Å²) in [5.41, 5.74) is -2.69. The topological polar surface area (TPSA) is 160 Å². The summed E-state index contributed by atoms with van der Waals surface area (Å²) in [6.07, 6.45) is -4.03. The molecule has 1 atom stereocenters. The zero-order valence-corrected chi connectivity index (χ0v) is 26.6. The van der Waals surface area contributed by atoms with Crippen LogP contribution in [0.3, 0.4) is 0 Å². The smallest absolute Gasteiger partial charge is 0.427 e. The first-order chi connectivity index (χ1) is 20.9. The van der Waals surface area contributed by atoms with Crippen molar-refractivity contribution in [3.8, 4) is 11.6 Å². The van der Waals surface area contributed by atoms with Crippen LogP contribution in [-0.4, -0.2) is 87.7 Å². The van der Waals surface area contributed by atoms with Gasteiger partial charge in [-0.1, -0.05) is 6.07 Å². The Labute approximate surface area is 258 Å². The quantitative estimate of drug-likeness (QED) is 0.286. The molecule has 45 heavy (non-hydrogen) atoms. The molecule has 1 aromatic heterocycles. The molecule has 0 radical (unpaired) electrons. The molecule has 250 valence electrons. The van der Waals surface area contributed by atoms with Gasteiger partial charge in [-0.2, -0.15) is 13.2 Å². The number of methoxy groups -OCH3 is 1. The number of hydrogen-bond acceptors (Lipinski definition) is 11. The molecule has 0 N–H and O–H groups in total. The lowest BCUT2D eigenvalue weighted by atomic mass is 10.1. The number of sulfonamides is 1. The van der Waals surface area contributed by atoms with Crippen molar-refractivity contribution in [2.24, 2.45) is 0 Å². The molecule has 0 amide bonds. The number of aryl methyl sites for hydroxylation is 1. The molecule has 1 aromatic carbocycles. The molecule has 1 aliphatic heterocycles. The number of carbonyl (C=O) groups is 2. The summed E-state index contributed by atoms with van der Waals surface area (Å²) < 4.78 is 116. The minimum Gasteiger partial charge on any atom is -0.486 e. The van der Waals surface area contributed by atoms with Crippen LogP contribution in [0.1, 0.15) is 45.6 Å². The summed E-state index contributed by atoms with van der Waals surface area (Å²) in [5, 5.41) is 3.67. The van der Waals surface area contributed by atoms with Crippen LogP contribution in [0.2, 0.25) is 0 Å². The van der Waals surface area contributed by atoms with E-state index in [9.17, 15) is 39.6 Å². The lowest BCUT2D eigenvalue weighted by Gasteiger charge is -2.35. The second kappa shape index (κ2) is 12.7. The maximum Gasteiger partial charge on any atom is 0.427 e. The molecule has 0 saturated heterocycles. The normalized spacial score (nSPS) is 17.3. The standard InChI is InChI=1S/C27H34F3N3O10S2/c1-5-32-15-22(25(31-32)41-16-24(35)40-4)45(38,39)33-14-18(10-11-44(36,37)19-7-8-19)42-21-9-6-17(12-20(21)33)13-23(34)43-26(2,3)27(28,29)30/h6,9,12,15,18-19H,5,7-8,10-11,13-14,16H2,1-4H3/t18-/m0/s1. The molecule has 0 bridgehead atoms. The lowest BCUT2D eigenvalue weighted by molar-refractivity contribution is -0.257. The monoisotopic (exact) mass is 681 g/mol. The molecule has 0 spiro atoms. The number of sulfone groups is 1. The largest absolute Gasteiger partial charge is 0.486 e. The third-order valence-corrected chi connectivity index (χ3v) is 11.3. The highest BCUT2D eigenvalue weighted by Gasteiger charge is 2.51. The molecule has 4 rings (SSSR count). The maximum absolute atomic E-state index is 14.2. The molecule has 2 aliphatic rings. The van der Waals surface area contributed by atoms with Crippen molar-refractivity contribution in [3.63, 3.8) is 0 Å². The van der Waals surface area contributed by atoms with Gasteiger partial charge in [0.15, 0.2) is 21.3 Å². The number of anilines is 1. The number of rotatable bonds is 13. The molecule has 1 fully saturated rings. The minimum absolute atomic E-state index is 0.0230. The summed E-state index contributed by atoms with van der Waals surface area (Å²) in [4.78, 5) is 23.7. The second-order valence-corrected chi connectivity index (χ2v) is 15.3. The van der Waals surface area contributed by atoms with E-state index in [0.29, 0.717) is 26.7 Å². The van der Waals surface area contributed by atoms with E-state index in [1.165, 1.54) is 29.1 Å². The number of benzene rings is 1. The Balaban J connectivity index is 1.69. The van der Waals surface area contributed by atoms with Gasteiger partial charge >= 0.3 is 18.1 Å². The average molecular weight is 682 g/mol. The van der Waals surface area contributed by atoms with Gasteiger partial charge in [0.2, 0.25) is 5.60 Å². The number of hydrogen-bond donors (Lipinski definition) is 0. The van der Waals surface area contributed by atoms with E-state index in [-0.39, 0.29) is 42.3 Å². The summed E-state index contributed by atoms with van der Waals surface area (Å²) >= 11 is 0. The summed E-state index contributed by atoms with van der Waals surface area (Å²) in [6, 6.07) is 3.99. The Morgan fingerprint density at radius 2 is 1.80 bits per heavy atom. The van der Waals surface area contributed by atoms with Crippen LogP contribution in [0.5, 0.6) is 11.6 Å². The first kappa shape index (κ1) is 34.3. The fourth-order valence-electron chi connectivity index (χ4n) is 4.41. The van der Waals surface area contributed by atoms with Crippen LogP contribution < -0.4 is 13.8 Å².